The number of rotatable bonds is 4. The minimum atomic E-state index is -0.0796. The topological polar surface area (TPSA) is 54.9 Å². The molecule has 0 aliphatic heterocycles. The van der Waals surface area contributed by atoms with Crippen LogP contribution in [0.15, 0.2) is 85.3 Å². The number of fused-ring (bicyclic) bond motifs is 1. The van der Waals surface area contributed by atoms with E-state index in [1.807, 2.05) is 66.7 Å². The molecule has 0 aliphatic rings. The van der Waals surface area contributed by atoms with E-state index < -0.39 is 0 Å². The van der Waals surface area contributed by atoms with Gasteiger partial charge in [-0.15, -0.1) is 0 Å². The van der Waals surface area contributed by atoms with Gasteiger partial charge < -0.3 is 5.32 Å². The van der Waals surface area contributed by atoms with Crippen LogP contribution in [-0.2, 0) is 6.54 Å². The normalized spacial score (nSPS) is 10.6. The first kappa shape index (κ1) is 16.0. The van der Waals surface area contributed by atoms with Gasteiger partial charge in [-0.3, -0.25) is 14.8 Å². The number of carbonyl (C=O) groups excluding carboxylic acids is 1. The number of benzene rings is 2. The Kier molecular flexibility index (Phi) is 4.39. The molecule has 126 valence electrons. The Morgan fingerprint density at radius 2 is 1.69 bits per heavy atom. The van der Waals surface area contributed by atoms with Gasteiger partial charge in [0.2, 0.25) is 0 Å². The summed E-state index contributed by atoms with van der Waals surface area (Å²) in [4.78, 5) is 21.1. The predicted octanol–water partition coefficient (Wildman–Crippen LogP) is 4.23. The lowest BCUT2D eigenvalue weighted by molar-refractivity contribution is 0.0952. The van der Waals surface area contributed by atoms with E-state index in [2.05, 4.69) is 15.3 Å². The summed E-state index contributed by atoms with van der Waals surface area (Å²) >= 11 is 0. The van der Waals surface area contributed by atoms with Crippen LogP contribution in [0.5, 0.6) is 0 Å². The second kappa shape index (κ2) is 7.15. The fourth-order valence-corrected chi connectivity index (χ4v) is 2.97. The minimum absolute atomic E-state index is 0.0796. The number of carbonyl (C=O) groups is 1. The van der Waals surface area contributed by atoms with Crippen molar-refractivity contribution in [2.45, 2.75) is 6.54 Å². The van der Waals surface area contributed by atoms with Crippen molar-refractivity contribution in [3.05, 3.63) is 96.4 Å². The van der Waals surface area contributed by atoms with Crippen LogP contribution in [0.2, 0.25) is 0 Å². The summed E-state index contributed by atoms with van der Waals surface area (Å²) in [6, 6.07) is 21.4. The molecule has 4 aromatic rings. The maximum atomic E-state index is 12.7. The van der Waals surface area contributed by atoms with E-state index in [1.54, 1.807) is 18.6 Å². The summed E-state index contributed by atoms with van der Waals surface area (Å²) < 4.78 is 0. The molecule has 2 aromatic carbocycles. The van der Waals surface area contributed by atoms with Crippen molar-refractivity contribution in [2.75, 3.05) is 0 Å². The molecule has 1 N–H and O–H groups in total. The lowest BCUT2D eigenvalue weighted by Crippen LogP contribution is -2.23. The number of amides is 1. The van der Waals surface area contributed by atoms with Crippen molar-refractivity contribution in [3.8, 4) is 11.3 Å². The molecule has 0 saturated carbocycles. The molecule has 2 aromatic heterocycles. The van der Waals surface area contributed by atoms with Gasteiger partial charge >= 0.3 is 0 Å². The zero-order valence-corrected chi connectivity index (χ0v) is 14.1. The second-order valence-electron chi connectivity index (χ2n) is 5.99. The van der Waals surface area contributed by atoms with Gasteiger partial charge in [0.25, 0.3) is 5.91 Å². The Morgan fingerprint density at radius 3 is 2.58 bits per heavy atom. The van der Waals surface area contributed by atoms with Crippen LogP contribution in [0.25, 0.3) is 22.0 Å². The van der Waals surface area contributed by atoms with E-state index in [0.717, 1.165) is 27.6 Å². The van der Waals surface area contributed by atoms with Gasteiger partial charge in [0.1, 0.15) is 0 Å². The van der Waals surface area contributed by atoms with Crippen LogP contribution in [-0.4, -0.2) is 15.9 Å². The van der Waals surface area contributed by atoms with Crippen LogP contribution >= 0.6 is 0 Å². The van der Waals surface area contributed by atoms with Crippen molar-refractivity contribution >= 4 is 16.7 Å². The number of pyridine rings is 2. The smallest absolute Gasteiger partial charge is 0.252 e. The number of aromatic nitrogens is 2. The minimum Gasteiger partial charge on any atom is -0.348 e. The molecule has 0 saturated heterocycles. The maximum Gasteiger partial charge on any atom is 0.252 e. The van der Waals surface area contributed by atoms with Crippen LogP contribution in [0, 0.1) is 0 Å². The molecule has 26 heavy (non-hydrogen) atoms. The first-order chi connectivity index (χ1) is 12.8. The molecule has 0 aliphatic carbocycles. The monoisotopic (exact) mass is 339 g/mol. The van der Waals surface area contributed by atoms with Crippen molar-refractivity contribution in [2.24, 2.45) is 0 Å². The predicted molar refractivity (Wildman–Crippen MR) is 103 cm³/mol. The molecule has 2 heterocycles. The Labute approximate surface area is 151 Å². The van der Waals surface area contributed by atoms with Gasteiger partial charge in [0.05, 0.1) is 5.69 Å². The van der Waals surface area contributed by atoms with Crippen LogP contribution in [0.4, 0.5) is 0 Å². The number of hydrogen-bond acceptors (Lipinski definition) is 3. The second-order valence-corrected chi connectivity index (χ2v) is 5.99. The van der Waals surface area contributed by atoms with Gasteiger partial charge in [-0.25, -0.2) is 0 Å². The van der Waals surface area contributed by atoms with Crippen molar-refractivity contribution in [1.82, 2.24) is 15.3 Å². The van der Waals surface area contributed by atoms with Crippen molar-refractivity contribution < 1.29 is 4.79 Å². The zero-order chi connectivity index (χ0) is 17.8. The van der Waals surface area contributed by atoms with Crippen molar-refractivity contribution in [3.63, 3.8) is 0 Å². The SMILES string of the molecule is O=C(NCc1ccnc(-c2ccncc2)c1)c1cccc2ccccc12. The summed E-state index contributed by atoms with van der Waals surface area (Å²) in [6.07, 6.45) is 5.24. The standard InChI is InChI=1S/C22H17N3O/c26-22(20-7-3-5-17-4-1-2-6-19(17)20)25-15-16-8-13-24-21(14-16)18-9-11-23-12-10-18/h1-14H,15H2,(H,25,26). The lowest BCUT2D eigenvalue weighted by atomic mass is 10.0. The van der Waals surface area contributed by atoms with Gasteiger partial charge in [0.15, 0.2) is 0 Å². The van der Waals surface area contributed by atoms with Crippen LogP contribution in [0.1, 0.15) is 15.9 Å². The Morgan fingerprint density at radius 1 is 0.885 bits per heavy atom. The average Bonchev–Trinajstić information content (AvgIpc) is 2.72. The average molecular weight is 339 g/mol. The molecular formula is C22H17N3O. The van der Waals surface area contributed by atoms with E-state index in [1.165, 1.54) is 0 Å². The third-order valence-corrected chi connectivity index (χ3v) is 4.29. The van der Waals surface area contributed by atoms with Crippen LogP contribution in [0.3, 0.4) is 0 Å². The molecule has 0 atom stereocenters. The summed E-state index contributed by atoms with van der Waals surface area (Å²) in [6.45, 7) is 0.447. The van der Waals surface area contributed by atoms with E-state index >= 15 is 0 Å². The molecular weight excluding hydrogens is 322 g/mol. The van der Waals surface area contributed by atoms with Crippen LogP contribution < -0.4 is 5.32 Å². The van der Waals surface area contributed by atoms with Gasteiger partial charge in [-0.1, -0.05) is 36.4 Å². The quantitative estimate of drug-likeness (QED) is 0.605. The van der Waals surface area contributed by atoms with Crippen molar-refractivity contribution in [1.29, 1.82) is 0 Å². The highest BCUT2D eigenvalue weighted by Crippen LogP contribution is 2.19. The van der Waals surface area contributed by atoms with Gasteiger partial charge in [-0.2, -0.15) is 0 Å². The molecule has 0 unspecified atom stereocenters. The van der Waals surface area contributed by atoms with Gasteiger partial charge in [0, 0.05) is 36.3 Å². The molecule has 0 bridgehead atoms. The maximum absolute atomic E-state index is 12.7. The molecule has 0 spiro atoms. The third-order valence-electron chi connectivity index (χ3n) is 4.29. The Hall–Kier alpha value is -3.53. The zero-order valence-electron chi connectivity index (χ0n) is 14.1. The molecule has 4 heteroatoms. The molecule has 4 rings (SSSR count). The molecule has 0 fully saturated rings. The fourth-order valence-electron chi connectivity index (χ4n) is 2.97. The van der Waals surface area contributed by atoms with E-state index in [0.29, 0.717) is 12.1 Å². The third kappa shape index (κ3) is 3.30. The highest BCUT2D eigenvalue weighted by Gasteiger charge is 2.09. The van der Waals surface area contributed by atoms with E-state index in [-0.39, 0.29) is 5.91 Å². The summed E-state index contributed by atoms with van der Waals surface area (Å²) in [7, 11) is 0. The van der Waals surface area contributed by atoms with E-state index in [9.17, 15) is 4.79 Å². The van der Waals surface area contributed by atoms with E-state index in [4.69, 9.17) is 0 Å². The number of nitrogens with one attached hydrogen (secondary N) is 1. The first-order valence-electron chi connectivity index (χ1n) is 8.42. The lowest BCUT2D eigenvalue weighted by Gasteiger charge is -2.09. The molecule has 4 nitrogen and oxygen atoms in total. The number of nitrogens with zero attached hydrogens (tertiary/aromatic N) is 2. The Bertz CT molecular complexity index is 1060. The Balaban J connectivity index is 1.53. The molecule has 1 amide bonds. The summed E-state index contributed by atoms with van der Waals surface area (Å²) in [5, 5.41) is 5.02. The fraction of sp³-hybridized carbons (Fsp3) is 0.0455. The molecule has 0 radical (unpaired) electrons. The summed E-state index contributed by atoms with van der Waals surface area (Å²) in [5.41, 5.74) is 3.55. The largest absolute Gasteiger partial charge is 0.348 e. The highest BCUT2D eigenvalue weighted by molar-refractivity contribution is 6.06. The van der Waals surface area contributed by atoms with Gasteiger partial charge in [-0.05, 0) is 46.7 Å². The highest BCUT2D eigenvalue weighted by atomic mass is 16.1. The first-order valence-corrected chi connectivity index (χ1v) is 8.42. The summed E-state index contributed by atoms with van der Waals surface area (Å²) in [5.74, 6) is -0.0796. The number of hydrogen-bond donors (Lipinski definition) is 1.